The van der Waals surface area contributed by atoms with E-state index in [-0.39, 0.29) is 18.9 Å². The average Bonchev–Trinajstić information content (AvgIpc) is 2.50. The van der Waals surface area contributed by atoms with Gasteiger partial charge in [-0.3, -0.25) is 0 Å². The molecule has 0 saturated heterocycles. The fourth-order valence-corrected chi connectivity index (χ4v) is 2.06. The van der Waals surface area contributed by atoms with Gasteiger partial charge in [-0.1, -0.05) is 44.2 Å². The summed E-state index contributed by atoms with van der Waals surface area (Å²) in [6.45, 7) is 2.59. The molecule has 0 aliphatic heterocycles. The van der Waals surface area contributed by atoms with Crippen molar-refractivity contribution >= 4 is 6.09 Å². The van der Waals surface area contributed by atoms with E-state index in [0.29, 0.717) is 0 Å². The fourth-order valence-electron chi connectivity index (χ4n) is 2.06. The van der Waals surface area contributed by atoms with Crippen molar-refractivity contribution in [2.45, 2.75) is 44.9 Å². The maximum Gasteiger partial charge on any atom is 0.407 e. The minimum absolute atomic E-state index is 0.0202. The highest BCUT2D eigenvalue weighted by atomic mass is 19.3. The second kappa shape index (κ2) is 8.79. The van der Waals surface area contributed by atoms with Gasteiger partial charge in [0.05, 0.1) is 6.54 Å². The van der Waals surface area contributed by atoms with Crippen LogP contribution in [-0.4, -0.2) is 35.8 Å². The van der Waals surface area contributed by atoms with Crippen LogP contribution in [0.3, 0.4) is 0 Å². The molecule has 1 rings (SSSR count). The molecule has 0 bridgehead atoms. The van der Waals surface area contributed by atoms with Gasteiger partial charge in [0, 0.05) is 6.04 Å². The Hall–Kier alpha value is -1.73. The number of halogens is 2. The van der Waals surface area contributed by atoms with Gasteiger partial charge in [0.2, 0.25) is 0 Å². The number of carbonyl (C=O) groups is 1. The molecule has 0 saturated carbocycles. The van der Waals surface area contributed by atoms with Crippen LogP contribution in [0.15, 0.2) is 30.3 Å². The van der Waals surface area contributed by atoms with E-state index >= 15 is 0 Å². The summed E-state index contributed by atoms with van der Waals surface area (Å²) in [6.07, 6.45) is -2.74. The smallest absolute Gasteiger partial charge is 0.407 e. The third-order valence-electron chi connectivity index (χ3n) is 3.26. The minimum Gasteiger partial charge on any atom is -0.445 e. The second-order valence-corrected chi connectivity index (χ2v) is 5.91. The zero-order chi connectivity index (χ0) is 17.5. The third kappa shape index (κ3) is 6.92. The predicted molar refractivity (Wildman–Crippen MR) is 83.0 cm³/mol. The van der Waals surface area contributed by atoms with E-state index in [4.69, 9.17) is 10.5 Å². The molecule has 1 aromatic rings. The standard InChI is InChI=1S/C16H24F2N2O3/c1-11(2)8-13(19)14(21)16(17,18)10-20-15(22)23-9-12-6-4-3-5-7-12/h3-7,11,13-14,21H,8-10,19H2,1-2H3,(H,20,22). The highest BCUT2D eigenvalue weighted by Gasteiger charge is 2.42. The van der Waals surface area contributed by atoms with Crippen LogP contribution >= 0.6 is 0 Å². The molecule has 23 heavy (non-hydrogen) atoms. The van der Waals surface area contributed by atoms with Crippen LogP contribution in [-0.2, 0) is 11.3 Å². The van der Waals surface area contributed by atoms with E-state index in [1.807, 2.05) is 25.2 Å². The number of aliphatic hydroxyl groups is 1. The van der Waals surface area contributed by atoms with Crippen LogP contribution in [0.1, 0.15) is 25.8 Å². The van der Waals surface area contributed by atoms with Gasteiger partial charge in [0.25, 0.3) is 5.92 Å². The number of amides is 1. The zero-order valence-electron chi connectivity index (χ0n) is 13.3. The Morgan fingerprint density at radius 1 is 1.35 bits per heavy atom. The van der Waals surface area contributed by atoms with Crippen molar-refractivity contribution in [3.05, 3.63) is 35.9 Å². The van der Waals surface area contributed by atoms with Gasteiger partial charge >= 0.3 is 6.09 Å². The lowest BCUT2D eigenvalue weighted by atomic mass is 9.96. The van der Waals surface area contributed by atoms with Gasteiger partial charge in [-0.2, -0.15) is 0 Å². The van der Waals surface area contributed by atoms with Crippen LogP contribution in [0.4, 0.5) is 13.6 Å². The summed E-state index contributed by atoms with van der Waals surface area (Å²) in [4.78, 5) is 11.5. The number of hydrogen-bond acceptors (Lipinski definition) is 4. The number of alkyl halides is 2. The van der Waals surface area contributed by atoms with Crippen molar-refractivity contribution in [2.24, 2.45) is 11.7 Å². The quantitative estimate of drug-likeness (QED) is 0.683. The summed E-state index contributed by atoms with van der Waals surface area (Å²) in [6, 6.07) is 7.79. The molecular weight excluding hydrogens is 306 g/mol. The van der Waals surface area contributed by atoms with E-state index in [0.717, 1.165) is 5.56 Å². The van der Waals surface area contributed by atoms with Crippen LogP contribution in [0.2, 0.25) is 0 Å². The lowest BCUT2D eigenvalue weighted by Crippen LogP contribution is -2.53. The lowest BCUT2D eigenvalue weighted by molar-refractivity contribution is -0.115. The average molecular weight is 330 g/mol. The van der Waals surface area contributed by atoms with Crippen LogP contribution in [0, 0.1) is 5.92 Å². The van der Waals surface area contributed by atoms with E-state index < -0.39 is 30.7 Å². The number of hydrogen-bond donors (Lipinski definition) is 3. The summed E-state index contributed by atoms with van der Waals surface area (Å²) in [5.41, 5.74) is 6.32. The largest absolute Gasteiger partial charge is 0.445 e. The Bertz CT molecular complexity index is 483. The van der Waals surface area contributed by atoms with Gasteiger partial charge in [-0.05, 0) is 17.9 Å². The highest BCUT2D eigenvalue weighted by molar-refractivity contribution is 5.67. The molecule has 0 aliphatic rings. The lowest BCUT2D eigenvalue weighted by Gasteiger charge is -2.28. The van der Waals surface area contributed by atoms with Gasteiger partial charge in [-0.15, -0.1) is 0 Å². The molecule has 7 heteroatoms. The second-order valence-electron chi connectivity index (χ2n) is 5.91. The minimum atomic E-state index is -3.53. The first-order valence-corrected chi connectivity index (χ1v) is 7.48. The van der Waals surface area contributed by atoms with Crippen LogP contribution in [0.5, 0.6) is 0 Å². The predicted octanol–water partition coefficient (Wildman–Crippen LogP) is 2.28. The highest BCUT2D eigenvalue weighted by Crippen LogP contribution is 2.22. The Morgan fingerprint density at radius 2 is 1.96 bits per heavy atom. The number of ether oxygens (including phenoxy) is 1. The SMILES string of the molecule is CC(C)CC(N)C(O)C(F)(F)CNC(=O)OCc1ccccc1. The van der Waals surface area contributed by atoms with Crippen molar-refractivity contribution in [3.63, 3.8) is 0 Å². The van der Waals surface area contributed by atoms with Crippen molar-refractivity contribution in [1.29, 1.82) is 0 Å². The molecule has 0 fully saturated rings. The topological polar surface area (TPSA) is 84.6 Å². The molecule has 2 unspecified atom stereocenters. The van der Waals surface area contributed by atoms with Crippen molar-refractivity contribution in [1.82, 2.24) is 5.32 Å². The normalized spacial score (nSPS) is 14.4. The number of carbonyl (C=O) groups excluding carboxylic acids is 1. The molecule has 0 aliphatic carbocycles. The summed E-state index contributed by atoms with van der Waals surface area (Å²) in [7, 11) is 0. The summed E-state index contributed by atoms with van der Waals surface area (Å²) < 4.78 is 32.5. The number of rotatable bonds is 8. The Balaban J connectivity index is 2.40. The van der Waals surface area contributed by atoms with Crippen LogP contribution < -0.4 is 11.1 Å². The van der Waals surface area contributed by atoms with Crippen molar-refractivity contribution in [3.8, 4) is 0 Å². The monoisotopic (exact) mass is 330 g/mol. The molecule has 0 spiro atoms. The van der Waals surface area contributed by atoms with E-state index in [9.17, 15) is 18.7 Å². The van der Waals surface area contributed by atoms with Crippen molar-refractivity contribution < 1.29 is 23.4 Å². The Labute approximate surface area is 134 Å². The van der Waals surface area contributed by atoms with Gasteiger partial charge in [-0.25, -0.2) is 13.6 Å². The number of nitrogens with one attached hydrogen (secondary N) is 1. The molecule has 5 nitrogen and oxygen atoms in total. The van der Waals surface area contributed by atoms with E-state index in [2.05, 4.69) is 0 Å². The molecule has 0 aromatic heterocycles. The molecule has 2 atom stereocenters. The maximum absolute atomic E-state index is 13.8. The number of aliphatic hydroxyl groups excluding tert-OH is 1. The summed E-state index contributed by atoms with van der Waals surface area (Å²) >= 11 is 0. The molecular formula is C16H24F2N2O3. The first kappa shape index (κ1) is 19.3. The molecule has 1 amide bonds. The first-order valence-electron chi connectivity index (χ1n) is 7.48. The van der Waals surface area contributed by atoms with Gasteiger partial charge < -0.3 is 20.9 Å². The molecule has 130 valence electrons. The molecule has 4 N–H and O–H groups in total. The zero-order valence-corrected chi connectivity index (χ0v) is 13.3. The third-order valence-corrected chi connectivity index (χ3v) is 3.26. The van der Waals surface area contributed by atoms with Gasteiger partial charge in [0.1, 0.15) is 12.7 Å². The number of benzene rings is 1. The van der Waals surface area contributed by atoms with E-state index in [1.54, 1.807) is 24.3 Å². The van der Waals surface area contributed by atoms with Gasteiger partial charge in [0.15, 0.2) is 0 Å². The van der Waals surface area contributed by atoms with Crippen molar-refractivity contribution in [2.75, 3.05) is 6.54 Å². The van der Waals surface area contributed by atoms with Crippen LogP contribution in [0.25, 0.3) is 0 Å². The fraction of sp³-hybridized carbons (Fsp3) is 0.562. The molecule has 0 radical (unpaired) electrons. The summed E-state index contributed by atoms with van der Waals surface area (Å²) in [5.74, 6) is -3.45. The number of alkyl carbamates (subject to hydrolysis) is 1. The Morgan fingerprint density at radius 3 is 2.52 bits per heavy atom. The molecule has 1 aromatic carbocycles. The Kier molecular flexibility index (Phi) is 7.38. The number of nitrogens with two attached hydrogens (primary N) is 1. The first-order chi connectivity index (χ1) is 10.7. The van der Waals surface area contributed by atoms with E-state index in [1.165, 1.54) is 0 Å². The summed E-state index contributed by atoms with van der Waals surface area (Å²) in [5, 5.41) is 11.6. The molecule has 0 heterocycles. The maximum atomic E-state index is 13.8.